The average molecular weight is 506 g/mol. The van der Waals surface area contributed by atoms with Crippen LogP contribution in [0.4, 0.5) is 17.1 Å². The van der Waals surface area contributed by atoms with Gasteiger partial charge < -0.3 is 10.0 Å². The Kier molecular flexibility index (Phi) is 7.07. The van der Waals surface area contributed by atoms with E-state index in [4.69, 9.17) is 11.6 Å². The van der Waals surface area contributed by atoms with Crippen LogP contribution in [0, 0.1) is 10.1 Å². The van der Waals surface area contributed by atoms with Crippen LogP contribution in [-0.4, -0.2) is 34.8 Å². The highest BCUT2D eigenvalue weighted by Crippen LogP contribution is 2.42. The van der Waals surface area contributed by atoms with Crippen molar-refractivity contribution in [3.63, 3.8) is 0 Å². The second-order valence-electron chi connectivity index (χ2n) is 8.21. The number of nitrogens with zero attached hydrogens (tertiary/aromatic N) is 3. The summed E-state index contributed by atoms with van der Waals surface area (Å²) in [5, 5.41) is 22.7. The molecule has 1 aliphatic rings. The summed E-state index contributed by atoms with van der Waals surface area (Å²) in [6.45, 7) is 5.74. The van der Waals surface area contributed by atoms with Crippen molar-refractivity contribution in [1.29, 1.82) is 0 Å². The summed E-state index contributed by atoms with van der Waals surface area (Å²) in [5.41, 5.74) is 2.00. The Morgan fingerprint density at radius 1 is 0.972 bits per heavy atom. The number of nitro benzene ring substituents is 1. The maximum absolute atomic E-state index is 13.2. The van der Waals surface area contributed by atoms with Crippen molar-refractivity contribution in [3.05, 3.63) is 105 Å². The van der Waals surface area contributed by atoms with Crippen LogP contribution < -0.4 is 9.80 Å². The first-order valence-corrected chi connectivity index (χ1v) is 11.8. The van der Waals surface area contributed by atoms with Gasteiger partial charge >= 0.3 is 0 Å². The maximum atomic E-state index is 13.2. The van der Waals surface area contributed by atoms with Crippen molar-refractivity contribution in [2.75, 3.05) is 22.9 Å². The molecule has 0 aliphatic carbocycles. The summed E-state index contributed by atoms with van der Waals surface area (Å²) in [7, 11) is 0. The number of hydrogen-bond donors (Lipinski definition) is 1. The van der Waals surface area contributed by atoms with Crippen molar-refractivity contribution in [1.82, 2.24) is 0 Å². The van der Waals surface area contributed by atoms with Gasteiger partial charge in [-0.25, -0.2) is 0 Å². The molecule has 0 aromatic heterocycles. The molecule has 1 N–H and O–H groups in total. The average Bonchev–Trinajstić information content (AvgIpc) is 3.15. The lowest BCUT2D eigenvalue weighted by Gasteiger charge is -2.26. The summed E-state index contributed by atoms with van der Waals surface area (Å²) in [5.74, 6) is -2.05. The number of ketones is 1. The normalized spacial score (nSPS) is 16.9. The molecule has 0 bridgehead atoms. The number of anilines is 2. The smallest absolute Gasteiger partial charge is 0.300 e. The van der Waals surface area contributed by atoms with Gasteiger partial charge in [0.2, 0.25) is 0 Å². The van der Waals surface area contributed by atoms with Crippen LogP contribution in [0.3, 0.4) is 0 Å². The Bertz CT molecular complexity index is 1330. The second kappa shape index (κ2) is 10.2. The second-order valence-corrected chi connectivity index (χ2v) is 8.65. The summed E-state index contributed by atoms with van der Waals surface area (Å²) in [6, 6.07) is 18.3. The molecule has 184 valence electrons. The first kappa shape index (κ1) is 24.9. The molecule has 1 fully saturated rings. The van der Waals surface area contributed by atoms with E-state index in [9.17, 15) is 24.8 Å². The fourth-order valence-electron chi connectivity index (χ4n) is 4.37. The van der Waals surface area contributed by atoms with Crippen molar-refractivity contribution in [2.45, 2.75) is 19.9 Å². The van der Waals surface area contributed by atoms with E-state index < -0.39 is 28.4 Å². The van der Waals surface area contributed by atoms with E-state index in [1.54, 1.807) is 24.3 Å². The van der Waals surface area contributed by atoms with Gasteiger partial charge in [0, 0.05) is 47.2 Å². The van der Waals surface area contributed by atoms with Crippen LogP contribution in [-0.2, 0) is 9.59 Å². The van der Waals surface area contributed by atoms with Gasteiger partial charge in [-0.15, -0.1) is 0 Å². The number of benzene rings is 3. The van der Waals surface area contributed by atoms with Crippen LogP contribution in [0.25, 0.3) is 5.76 Å². The zero-order valence-corrected chi connectivity index (χ0v) is 20.5. The summed E-state index contributed by atoms with van der Waals surface area (Å²) < 4.78 is 0. The number of aliphatic hydroxyl groups excluding tert-OH is 1. The predicted octanol–water partition coefficient (Wildman–Crippen LogP) is 5.72. The van der Waals surface area contributed by atoms with E-state index in [0.29, 0.717) is 16.3 Å². The Morgan fingerprint density at radius 2 is 1.56 bits per heavy atom. The van der Waals surface area contributed by atoms with Crippen LogP contribution >= 0.6 is 11.6 Å². The zero-order valence-electron chi connectivity index (χ0n) is 19.7. The molecule has 0 saturated carbocycles. The van der Waals surface area contributed by atoms with E-state index in [1.165, 1.54) is 29.2 Å². The molecule has 0 spiro atoms. The van der Waals surface area contributed by atoms with Gasteiger partial charge in [-0.2, -0.15) is 0 Å². The van der Waals surface area contributed by atoms with Gasteiger partial charge in [0.25, 0.3) is 17.4 Å². The van der Waals surface area contributed by atoms with Crippen molar-refractivity contribution < 1.29 is 19.6 Å². The molecule has 9 heteroatoms. The van der Waals surface area contributed by atoms with Crippen molar-refractivity contribution >= 4 is 46.1 Å². The molecule has 1 saturated heterocycles. The predicted molar refractivity (Wildman–Crippen MR) is 139 cm³/mol. The van der Waals surface area contributed by atoms with Gasteiger partial charge in [0.05, 0.1) is 16.5 Å². The fraction of sp³-hybridized carbons (Fsp3) is 0.185. The SMILES string of the molecule is CCN(CC)c1ccc(C2/C(=C(/O)c3ccc([N+](=O)[O-])cc3)C(=O)C(=O)N2c2ccc(Cl)cc2)cc1. The molecule has 3 aromatic carbocycles. The molecule has 3 aromatic rings. The molecule has 1 atom stereocenters. The quantitative estimate of drug-likeness (QED) is 0.145. The van der Waals surface area contributed by atoms with E-state index in [1.807, 2.05) is 24.3 Å². The Balaban J connectivity index is 1.88. The lowest BCUT2D eigenvalue weighted by molar-refractivity contribution is -0.384. The molecule has 0 radical (unpaired) electrons. The Hall–Kier alpha value is -4.17. The van der Waals surface area contributed by atoms with Gasteiger partial charge in [0.15, 0.2) is 0 Å². The minimum atomic E-state index is -0.910. The number of Topliss-reactive ketones (excluding diaryl/α,β-unsaturated/α-hetero) is 1. The lowest BCUT2D eigenvalue weighted by atomic mass is 9.94. The van der Waals surface area contributed by atoms with E-state index in [2.05, 4.69) is 18.7 Å². The highest BCUT2D eigenvalue weighted by Gasteiger charge is 2.47. The largest absolute Gasteiger partial charge is 0.507 e. The molecular formula is C27H24ClN3O5. The summed E-state index contributed by atoms with van der Waals surface area (Å²) in [6.07, 6.45) is 0. The number of nitro groups is 1. The monoisotopic (exact) mass is 505 g/mol. The first-order chi connectivity index (χ1) is 17.3. The molecular weight excluding hydrogens is 482 g/mol. The van der Waals surface area contributed by atoms with Gasteiger partial charge in [0.1, 0.15) is 5.76 Å². The van der Waals surface area contributed by atoms with E-state index in [0.717, 1.165) is 18.8 Å². The van der Waals surface area contributed by atoms with Gasteiger partial charge in [-0.05, 0) is 67.9 Å². The molecule has 8 nitrogen and oxygen atoms in total. The van der Waals surface area contributed by atoms with Crippen LogP contribution in [0.1, 0.15) is 31.0 Å². The number of aliphatic hydroxyl groups is 1. The maximum Gasteiger partial charge on any atom is 0.300 e. The minimum Gasteiger partial charge on any atom is -0.507 e. The summed E-state index contributed by atoms with van der Waals surface area (Å²) >= 11 is 6.03. The highest BCUT2D eigenvalue weighted by molar-refractivity contribution is 6.51. The third-order valence-corrected chi connectivity index (χ3v) is 6.49. The van der Waals surface area contributed by atoms with Crippen molar-refractivity contribution in [3.8, 4) is 0 Å². The molecule has 1 aliphatic heterocycles. The molecule has 1 unspecified atom stereocenters. The molecule has 4 rings (SSSR count). The van der Waals surface area contributed by atoms with Gasteiger partial charge in [-0.1, -0.05) is 23.7 Å². The number of halogens is 1. The van der Waals surface area contributed by atoms with Crippen LogP contribution in [0.2, 0.25) is 5.02 Å². The van der Waals surface area contributed by atoms with Gasteiger partial charge in [-0.3, -0.25) is 24.6 Å². The number of amides is 1. The van der Waals surface area contributed by atoms with E-state index in [-0.39, 0.29) is 16.8 Å². The third-order valence-electron chi connectivity index (χ3n) is 6.24. The third kappa shape index (κ3) is 4.55. The standard InChI is InChI=1S/C27H24ClN3O5/c1-3-29(4-2)20-11-5-17(6-12-20)24-23(25(32)18-7-13-22(14-8-18)31(35)36)26(33)27(34)30(24)21-15-9-19(28)10-16-21/h5-16,24,32H,3-4H2,1-2H3/b25-23-. The number of hydrogen-bond acceptors (Lipinski definition) is 6. The molecule has 1 amide bonds. The molecule has 1 heterocycles. The minimum absolute atomic E-state index is 0.0978. The number of carbonyl (C=O) groups is 2. The Morgan fingerprint density at radius 3 is 2.08 bits per heavy atom. The van der Waals surface area contributed by atoms with Crippen molar-refractivity contribution in [2.24, 2.45) is 0 Å². The lowest BCUT2D eigenvalue weighted by Crippen LogP contribution is -2.29. The number of rotatable bonds is 7. The fourth-order valence-corrected chi connectivity index (χ4v) is 4.49. The number of non-ortho nitro benzene ring substituents is 1. The Labute approximate surface area is 213 Å². The topological polar surface area (TPSA) is 104 Å². The van der Waals surface area contributed by atoms with Crippen LogP contribution in [0.15, 0.2) is 78.4 Å². The van der Waals surface area contributed by atoms with Crippen LogP contribution in [0.5, 0.6) is 0 Å². The summed E-state index contributed by atoms with van der Waals surface area (Å²) in [4.78, 5) is 40.4. The highest BCUT2D eigenvalue weighted by atomic mass is 35.5. The number of carbonyl (C=O) groups excluding carboxylic acids is 2. The van der Waals surface area contributed by atoms with E-state index >= 15 is 0 Å². The molecule has 36 heavy (non-hydrogen) atoms. The zero-order chi connectivity index (χ0) is 26.0. The first-order valence-electron chi connectivity index (χ1n) is 11.4.